The molecule has 4 aromatic rings. The zero-order chi connectivity index (χ0) is 18.8. The molecule has 140 valence electrons. The van der Waals surface area contributed by atoms with E-state index in [1.54, 1.807) is 12.4 Å². The average molecular weight is 372 g/mol. The fourth-order valence-corrected chi connectivity index (χ4v) is 3.66. The second kappa shape index (κ2) is 7.36. The van der Waals surface area contributed by atoms with Crippen molar-refractivity contribution in [2.45, 2.75) is 13.0 Å². The Labute approximate surface area is 162 Å². The fraction of sp³-hybridized carbons (Fsp3) is 0.238. The van der Waals surface area contributed by atoms with Crippen LogP contribution in [0.25, 0.3) is 22.6 Å². The van der Waals surface area contributed by atoms with E-state index in [-0.39, 0.29) is 0 Å². The minimum atomic E-state index is 0.540. The molecule has 4 heterocycles. The summed E-state index contributed by atoms with van der Waals surface area (Å²) >= 11 is 0. The Kier molecular flexibility index (Phi) is 4.42. The number of nitrogens with one attached hydrogen (secondary N) is 1. The van der Waals surface area contributed by atoms with E-state index < -0.39 is 0 Å². The highest BCUT2D eigenvalue weighted by molar-refractivity contribution is 5.62. The quantitative estimate of drug-likeness (QED) is 0.560. The van der Waals surface area contributed by atoms with Gasteiger partial charge >= 0.3 is 0 Å². The van der Waals surface area contributed by atoms with Crippen LogP contribution in [0, 0.1) is 5.92 Å². The Morgan fingerprint density at radius 1 is 1.04 bits per heavy atom. The lowest BCUT2D eigenvalue weighted by atomic mass is 9.95. The Morgan fingerprint density at radius 3 is 2.68 bits per heavy atom. The standard InChI is InChI=1S/C21H20N6O/c1-2-4-16(5-3-1)20-18(11-23-25-20)14-27-12-15(13-27)10-19-24-21(26-28-19)17-6-8-22-9-7-17/h1-9,11,15H,10,12-14H2,(H,23,25). The van der Waals surface area contributed by atoms with Gasteiger partial charge in [-0.1, -0.05) is 35.5 Å². The van der Waals surface area contributed by atoms with Crippen LogP contribution in [0.5, 0.6) is 0 Å². The van der Waals surface area contributed by atoms with Gasteiger partial charge in [-0.25, -0.2) is 0 Å². The first kappa shape index (κ1) is 16.8. The Morgan fingerprint density at radius 2 is 1.86 bits per heavy atom. The van der Waals surface area contributed by atoms with E-state index in [1.165, 1.54) is 11.1 Å². The van der Waals surface area contributed by atoms with Crippen molar-refractivity contribution in [2.75, 3.05) is 13.1 Å². The third kappa shape index (κ3) is 3.44. The van der Waals surface area contributed by atoms with Crippen molar-refractivity contribution in [1.29, 1.82) is 0 Å². The highest BCUT2D eigenvalue weighted by Crippen LogP contribution is 2.27. The lowest BCUT2D eigenvalue weighted by Gasteiger charge is -2.38. The van der Waals surface area contributed by atoms with Crippen molar-refractivity contribution in [3.05, 3.63) is 72.5 Å². The fourth-order valence-electron chi connectivity index (χ4n) is 3.66. The molecule has 1 aromatic carbocycles. The molecule has 0 radical (unpaired) electrons. The van der Waals surface area contributed by atoms with E-state index in [1.807, 2.05) is 36.5 Å². The Balaban J connectivity index is 1.17. The molecule has 0 saturated carbocycles. The molecule has 1 N–H and O–H groups in total. The predicted molar refractivity (Wildman–Crippen MR) is 104 cm³/mol. The second-order valence-corrected chi connectivity index (χ2v) is 7.15. The first-order valence-corrected chi connectivity index (χ1v) is 9.38. The summed E-state index contributed by atoms with van der Waals surface area (Å²) in [5.74, 6) is 1.86. The van der Waals surface area contributed by atoms with Crippen LogP contribution in [0.4, 0.5) is 0 Å². The van der Waals surface area contributed by atoms with Crippen LogP contribution >= 0.6 is 0 Å². The summed E-state index contributed by atoms with van der Waals surface area (Å²) in [5, 5.41) is 11.5. The molecule has 3 aromatic heterocycles. The second-order valence-electron chi connectivity index (χ2n) is 7.15. The number of hydrogen-bond acceptors (Lipinski definition) is 6. The molecular formula is C21H20N6O. The molecule has 1 fully saturated rings. The highest BCUT2D eigenvalue weighted by Gasteiger charge is 2.29. The third-order valence-electron chi connectivity index (χ3n) is 5.08. The number of H-pyrrole nitrogens is 1. The summed E-state index contributed by atoms with van der Waals surface area (Å²) in [4.78, 5) is 11.0. The number of hydrogen-bond donors (Lipinski definition) is 1. The highest BCUT2D eigenvalue weighted by atomic mass is 16.5. The topological polar surface area (TPSA) is 83.7 Å². The summed E-state index contributed by atoms with van der Waals surface area (Å²) in [7, 11) is 0. The molecule has 1 aliphatic heterocycles. The number of pyridine rings is 1. The molecule has 1 aliphatic rings. The van der Waals surface area contributed by atoms with Crippen molar-refractivity contribution in [3.8, 4) is 22.6 Å². The van der Waals surface area contributed by atoms with Crippen molar-refractivity contribution in [3.63, 3.8) is 0 Å². The van der Waals surface area contributed by atoms with Crippen molar-refractivity contribution in [1.82, 2.24) is 30.2 Å². The maximum atomic E-state index is 5.43. The van der Waals surface area contributed by atoms with Gasteiger partial charge in [0.1, 0.15) is 0 Å². The van der Waals surface area contributed by atoms with Gasteiger partial charge in [-0.05, 0) is 23.6 Å². The van der Waals surface area contributed by atoms with Crippen molar-refractivity contribution < 1.29 is 4.52 Å². The SMILES string of the molecule is c1ccc(-c2[nH]ncc2CN2CC(Cc3nc(-c4ccncc4)no3)C2)cc1. The third-order valence-corrected chi connectivity index (χ3v) is 5.08. The Bertz CT molecular complexity index is 1040. The number of likely N-dealkylation sites (tertiary alicyclic amines) is 1. The van der Waals surface area contributed by atoms with Crippen LogP contribution in [-0.2, 0) is 13.0 Å². The molecule has 0 unspecified atom stereocenters. The molecule has 0 aliphatic carbocycles. The molecule has 7 nitrogen and oxygen atoms in total. The van der Waals surface area contributed by atoms with E-state index in [0.29, 0.717) is 17.6 Å². The first-order valence-electron chi connectivity index (χ1n) is 9.38. The van der Waals surface area contributed by atoms with Gasteiger partial charge in [-0.3, -0.25) is 15.0 Å². The van der Waals surface area contributed by atoms with Gasteiger partial charge in [-0.15, -0.1) is 0 Å². The van der Waals surface area contributed by atoms with E-state index in [2.05, 4.69) is 42.4 Å². The summed E-state index contributed by atoms with van der Waals surface area (Å²) in [5.41, 5.74) is 4.42. The molecule has 0 atom stereocenters. The van der Waals surface area contributed by atoms with Crippen LogP contribution in [-0.4, -0.2) is 43.3 Å². The molecule has 28 heavy (non-hydrogen) atoms. The van der Waals surface area contributed by atoms with Crippen molar-refractivity contribution in [2.24, 2.45) is 5.92 Å². The normalized spacial score (nSPS) is 14.9. The summed E-state index contributed by atoms with van der Waals surface area (Å²) < 4.78 is 5.43. The maximum absolute atomic E-state index is 5.43. The molecule has 0 bridgehead atoms. The average Bonchev–Trinajstić information content (AvgIpc) is 3.37. The zero-order valence-electron chi connectivity index (χ0n) is 15.3. The van der Waals surface area contributed by atoms with Gasteiger partial charge in [0.25, 0.3) is 0 Å². The van der Waals surface area contributed by atoms with Gasteiger partial charge in [0, 0.05) is 49.6 Å². The van der Waals surface area contributed by atoms with Crippen LogP contribution in [0.1, 0.15) is 11.5 Å². The first-order chi connectivity index (χ1) is 13.8. The minimum Gasteiger partial charge on any atom is -0.339 e. The summed E-state index contributed by atoms with van der Waals surface area (Å²) in [6, 6.07) is 14.1. The number of benzene rings is 1. The number of aromatic nitrogens is 5. The lowest BCUT2D eigenvalue weighted by molar-refractivity contribution is 0.0868. The van der Waals surface area contributed by atoms with E-state index in [4.69, 9.17) is 4.52 Å². The Hall–Kier alpha value is -3.32. The van der Waals surface area contributed by atoms with E-state index in [0.717, 1.165) is 37.3 Å². The molecule has 5 rings (SSSR count). The number of aromatic amines is 1. The zero-order valence-corrected chi connectivity index (χ0v) is 15.3. The van der Waals surface area contributed by atoms with Crippen molar-refractivity contribution >= 4 is 0 Å². The maximum Gasteiger partial charge on any atom is 0.227 e. The van der Waals surface area contributed by atoms with Gasteiger partial charge in [-0.2, -0.15) is 10.1 Å². The molecule has 1 saturated heterocycles. The van der Waals surface area contributed by atoms with E-state index >= 15 is 0 Å². The molecule has 0 spiro atoms. The molecule has 0 amide bonds. The minimum absolute atomic E-state index is 0.540. The number of rotatable bonds is 6. The van der Waals surface area contributed by atoms with Gasteiger partial charge in [0.2, 0.25) is 11.7 Å². The van der Waals surface area contributed by atoms with Crippen LogP contribution in [0.2, 0.25) is 0 Å². The largest absolute Gasteiger partial charge is 0.339 e. The van der Waals surface area contributed by atoms with Gasteiger partial charge in [0.05, 0.1) is 11.9 Å². The number of nitrogens with zero attached hydrogens (tertiary/aromatic N) is 5. The predicted octanol–water partition coefficient (Wildman–Crippen LogP) is 3.20. The summed E-state index contributed by atoms with van der Waals surface area (Å²) in [6.07, 6.45) is 6.20. The summed E-state index contributed by atoms with van der Waals surface area (Å²) in [6.45, 7) is 2.93. The van der Waals surface area contributed by atoms with Crippen LogP contribution < -0.4 is 0 Å². The monoisotopic (exact) mass is 372 g/mol. The molecular weight excluding hydrogens is 352 g/mol. The van der Waals surface area contributed by atoms with E-state index in [9.17, 15) is 0 Å². The lowest BCUT2D eigenvalue weighted by Crippen LogP contribution is -2.46. The smallest absolute Gasteiger partial charge is 0.227 e. The van der Waals surface area contributed by atoms with Crippen LogP contribution in [0.3, 0.4) is 0 Å². The van der Waals surface area contributed by atoms with Gasteiger partial charge in [0.15, 0.2) is 0 Å². The van der Waals surface area contributed by atoms with Gasteiger partial charge < -0.3 is 4.52 Å². The molecule has 7 heteroatoms. The van der Waals surface area contributed by atoms with Crippen LogP contribution in [0.15, 0.2) is 65.6 Å².